The summed E-state index contributed by atoms with van der Waals surface area (Å²) in [4.78, 5) is 21.7. The first-order valence-corrected chi connectivity index (χ1v) is 9.04. The van der Waals surface area contributed by atoms with E-state index in [0.29, 0.717) is 19.8 Å². The van der Waals surface area contributed by atoms with Gasteiger partial charge in [0.1, 0.15) is 5.82 Å². The molecule has 7 nitrogen and oxygen atoms in total. The molecule has 2 saturated heterocycles. The Balaban J connectivity index is 1.66. The fraction of sp³-hybridized carbons (Fsp3) is 0.800. The number of carbonyl (C=O) groups excluding carboxylic acids is 1. The highest BCUT2D eigenvalue weighted by atomic mass is 32.1. The van der Waals surface area contributed by atoms with E-state index in [-0.39, 0.29) is 5.91 Å². The van der Waals surface area contributed by atoms with E-state index >= 15 is 0 Å². The third-order valence-corrected chi connectivity index (χ3v) is 5.73. The molecule has 0 aromatic carbocycles. The van der Waals surface area contributed by atoms with Crippen LogP contribution in [0.1, 0.15) is 25.1 Å². The minimum atomic E-state index is -0.424. The lowest BCUT2D eigenvalue weighted by molar-refractivity contribution is -0.147. The molecule has 1 amide bonds. The van der Waals surface area contributed by atoms with Crippen LogP contribution in [0.5, 0.6) is 0 Å². The van der Waals surface area contributed by atoms with E-state index in [9.17, 15) is 4.79 Å². The van der Waals surface area contributed by atoms with Crippen molar-refractivity contribution in [2.75, 3.05) is 50.8 Å². The third-order valence-electron chi connectivity index (χ3n) is 4.86. The maximum atomic E-state index is 13.1. The van der Waals surface area contributed by atoms with Crippen molar-refractivity contribution >= 4 is 22.6 Å². The van der Waals surface area contributed by atoms with E-state index in [4.69, 9.17) is 10.5 Å². The van der Waals surface area contributed by atoms with E-state index in [1.807, 2.05) is 11.8 Å². The molecule has 2 fully saturated rings. The lowest BCUT2D eigenvalue weighted by Gasteiger charge is -2.38. The van der Waals surface area contributed by atoms with Crippen LogP contribution in [-0.2, 0) is 9.53 Å². The lowest BCUT2D eigenvalue weighted by atomic mass is 9.79. The van der Waals surface area contributed by atoms with Crippen molar-refractivity contribution in [2.45, 2.75) is 26.2 Å². The minimum Gasteiger partial charge on any atom is -0.381 e. The Morgan fingerprint density at radius 1 is 1.30 bits per heavy atom. The largest absolute Gasteiger partial charge is 0.381 e. The van der Waals surface area contributed by atoms with Gasteiger partial charge in [-0.3, -0.25) is 4.79 Å². The molecule has 23 heavy (non-hydrogen) atoms. The van der Waals surface area contributed by atoms with Gasteiger partial charge in [-0.1, -0.05) is 0 Å². The van der Waals surface area contributed by atoms with Gasteiger partial charge in [-0.25, -0.2) is 4.98 Å². The van der Waals surface area contributed by atoms with Crippen molar-refractivity contribution in [2.24, 2.45) is 11.1 Å². The molecule has 0 aliphatic carbocycles. The predicted octanol–water partition coefficient (Wildman–Crippen LogP) is 0.641. The molecule has 1 aromatic rings. The standard InChI is InChI=1S/C15H25N5O2S/c1-12-17-14(23-18-12)20-6-2-5-19(7-8-20)13(21)15(11-16)3-9-22-10-4-15/h2-11,16H2,1H3. The average Bonchev–Trinajstić information content (AvgIpc) is 2.87. The number of nitrogens with two attached hydrogens (primary N) is 1. The molecule has 0 saturated carbocycles. The van der Waals surface area contributed by atoms with Gasteiger partial charge in [0.25, 0.3) is 0 Å². The van der Waals surface area contributed by atoms with Crippen LogP contribution in [0.15, 0.2) is 0 Å². The highest BCUT2D eigenvalue weighted by Gasteiger charge is 2.41. The van der Waals surface area contributed by atoms with Gasteiger partial charge in [-0.05, 0) is 26.2 Å². The van der Waals surface area contributed by atoms with E-state index in [2.05, 4.69) is 14.3 Å². The zero-order chi connectivity index (χ0) is 16.3. The lowest BCUT2D eigenvalue weighted by Crippen LogP contribution is -2.51. The number of anilines is 1. The number of hydrogen-bond donors (Lipinski definition) is 1. The molecule has 8 heteroatoms. The molecule has 3 heterocycles. The second-order valence-corrected chi connectivity index (χ2v) is 7.08. The first-order valence-electron chi connectivity index (χ1n) is 8.27. The van der Waals surface area contributed by atoms with Gasteiger partial charge in [0.2, 0.25) is 11.0 Å². The number of carbonyl (C=O) groups is 1. The summed E-state index contributed by atoms with van der Waals surface area (Å²) in [7, 11) is 0. The van der Waals surface area contributed by atoms with E-state index in [0.717, 1.165) is 56.4 Å². The van der Waals surface area contributed by atoms with Crippen molar-refractivity contribution < 1.29 is 9.53 Å². The first kappa shape index (κ1) is 16.6. The second-order valence-electron chi connectivity index (χ2n) is 6.35. The van der Waals surface area contributed by atoms with Crippen LogP contribution in [0, 0.1) is 12.3 Å². The van der Waals surface area contributed by atoms with Gasteiger partial charge in [0.05, 0.1) is 5.41 Å². The van der Waals surface area contributed by atoms with Gasteiger partial charge in [-0.2, -0.15) is 4.37 Å². The Bertz CT molecular complexity index is 544. The number of aromatic nitrogens is 2. The van der Waals surface area contributed by atoms with Gasteiger partial charge < -0.3 is 20.3 Å². The second kappa shape index (κ2) is 7.11. The molecule has 0 unspecified atom stereocenters. The SMILES string of the molecule is Cc1nsc(N2CCCN(C(=O)C3(CN)CCOCC3)CC2)n1. The third kappa shape index (κ3) is 3.49. The maximum Gasteiger partial charge on any atom is 0.230 e. The Labute approximate surface area is 141 Å². The molecule has 2 N–H and O–H groups in total. The monoisotopic (exact) mass is 339 g/mol. The maximum absolute atomic E-state index is 13.1. The van der Waals surface area contributed by atoms with Crippen LogP contribution in [0.4, 0.5) is 5.13 Å². The molecule has 0 radical (unpaired) electrons. The van der Waals surface area contributed by atoms with Crippen molar-refractivity contribution in [3.05, 3.63) is 5.82 Å². The Hall–Kier alpha value is -1.25. The first-order chi connectivity index (χ1) is 11.1. The molecular weight excluding hydrogens is 314 g/mol. The number of aryl methyl sites for hydroxylation is 1. The van der Waals surface area contributed by atoms with Gasteiger partial charge in [0.15, 0.2) is 0 Å². The zero-order valence-electron chi connectivity index (χ0n) is 13.7. The summed E-state index contributed by atoms with van der Waals surface area (Å²) in [6.07, 6.45) is 2.41. The summed E-state index contributed by atoms with van der Waals surface area (Å²) in [5.74, 6) is 1.02. The van der Waals surface area contributed by atoms with Crippen molar-refractivity contribution in [3.63, 3.8) is 0 Å². The molecule has 2 aliphatic heterocycles. The number of nitrogens with zero attached hydrogens (tertiary/aromatic N) is 4. The molecule has 128 valence electrons. The summed E-state index contributed by atoms with van der Waals surface area (Å²) in [6.45, 7) is 6.80. The minimum absolute atomic E-state index is 0.207. The fourth-order valence-electron chi connectivity index (χ4n) is 3.33. The highest BCUT2D eigenvalue weighted by molar-refractivity contribution is 7.09. The quantitative estimate of drug-likeness (QED) is 0.870. The fourth-order valence-corrected chi connectivity index (χ4v) is 4.05. The van der Waals surface area contributed by atoms with Gasteiger partial charge in [0, 0.05) is 57.5 Å². The number of hydrogen-bond acceptors (Lipinski definition) is 7. The van der Waals surface area contributed by atoms with Crippen LogP contribution in [0.3, 0.4) is 0 Å². The summed E-state index contributed by atoms with van der Waals surface area (Å²) in [5.41, 5.74) is 5.55. The molecule has 0 atom stereocenters. The molecular formula is C15H25N5O2S. The normalized spacial score (nSPS) is 22.0. The zero-order valence-corrected chi connectivity index (χ0v) is 14.5. The molecule has 3 rings (SSSR count). The van der Waals surface area contributed by atoms with Crippen LogP contribution < -0.4 is 10.6 Å². The Morgan fingerprint density at radius 2 is 2.09 bits per heavy atom. The molecule has 0 spiro atoms. The Morgan fingerprint density at radius 3 is 2.74 bits per heavy atom. The Kier molecular flexibility index (Phi) is 5.13. The van der Waals surface area contributed by atoms with E-state index < -0.39 is 5.41 Å². The number of rotatable bonds is 3. The van der Waals surface area contributed by atoms with Crippen molar-refractivity contribution in [1.82, 2.24) is 14.3 Å². The van der Waals surface area contributed by atoms with Crippen molar-refractivity contribution in [3.8, 4) is 0 Å². The van der Waals surface area contributed by atoms with Gasteiger partial charge >= 0.3 is 0 Å². The smallest absolute Gasteiger partial charge is 0.230 e. The number of amides is 1. The summed E-state index contributed by atoms with van der Waals surface area (Å²) in [6, 6.07) is 0. The number of ether oxygens (including phenoxy) is 1. The van der Waals surface area contributed by atoms with Crippen LogP contribution in [-0.4, -0.2) is 66.1 Å². The van der Waals surface area contributed by atoms with Crippen LogP contribution in [0.2, 0.25) is 0 Å². The molecule has 0 bridgehead atoms. The van der Waals surface area contributed by atoms with Crippen LogP contribution in [0.25, 0.3) is 0 Å². The topological polar surface area (TPSA) is 84.6 Å². The van der Waals surface area contributed by atoms with E-state index in [1.54, 1.807) is 0 Å². The summed E-state index contributed by atoms with van der Waals surface area (Å²) >= 11 is 1.43. The molecule has 2 aliphatic rings. The highest BCUT2D eigenvalue weighted by Crippen LogP contribution is 2.32. The van der Waals surface area contributed by atoms with Crippen LogP contribution >= 0.6 is 11.5 Å². The average molecular weight is 339 g/mol. The van der Waals surface area contributed by atoms with Crippen molar-refractivity contribution in [1.29, 1.82) is 0 Å². The van der Waals surface area contributed by atoms with Gasteiger partial charge in [-0.15, -0.1) is 0 Å². The van der Waals surface area contributed by atoms with E-state index in [1.165, 1.54) is 11.5 Å². The predicted molar refractivity (Wildman–Crippen MR) is 89.6 cm³/mol. The summed E-state index contributed by atoms with van der Waals surface area (Å²) < 4.78 is 9.67. The summed E-state index contributed by atoms with van der Waals surface area (Å²) in [5, 5.41) is 0.955. The molecule has 1 aromatic heterocycles.